The molecular formula is C32H28Cl4F6N4O9S2. The molecule has 4 aromatic carbocycles. The van der Waals surface area contributed by atoms with E-state index in [1.165, 1.54) is 32.4 Å². The van der Waals surface area contributed by atoms with Gasteiger partial charge < -0.3 is 9.94 Å². The first-order chi connectivity index (χ1) is 26.2. The number of halogens is 10. The molecule has 4 aromatic rings. The van der Waals surface area contributed by atoms with Crippen LogP contribution in [0.1, 0.15) is 31.8 Å². The summed E-state index contributed by atoms with van der Waals surface area (Å²) in [6, 6.07) is 11.2. The Hall–Kier alpha value is -4.06. The topological polar surface area (TPSA) is 180 Å². The lowest BCUT2D eigenvalue weighted by molar-refractivity contribution is -0.138. The van der Waals surface area contributed by atoms with Crippen LogP contribution in [-0.4, -0.2) is 67.2 Å². The molecule has 0 heterocycles. The van der Waals surface area contributed by atoms with E-state index in [1.54, 1.807) is 14.2 Å². The molecule has 0 aliphatic heterocycles. The van der Waals surface area contributed by atoms with E-state index in [2.05, 4.69) is 15.0 Å². The molecule has 4 N–H and O–H groups in total. The summed E-state index contributed by atoms with van der Waals surface area (Å²) >= 11 is 22.5. The van der Waals surface area contributed by atoms with Crippen molar-refractivity contribution in [3.63, 3.8) is 0 Å². The lowest BCUT2D eigenvalue weighted by Crippen LogP contribution is -2.27. The van der Waals surface area contributed by atoms with Crippen molar-refractivity contribution in [1.82, 2.24) is 10.5 Å². The molecular weight excluding hydrogens is 904 g/mol. The van der Waals surface area contributed by atoms with E-state index in [4.69, 9.17) is 56.3 Å². The number of hydroxylamine groups is 3. The van der Waals surface area contributed by atoms with E-state index in [9.17, 15) is 52.8 Å². The molecule has 0 fully saturated rings. The second-order valence-corrected chi connectivity index (χ2v) is 15.6. The Kier molecular flexibility index (Phi) is 17.3. The molecule has 1 amide bonds. The van der Waals surface area contributed by atoms with Gasteiger partial charge in [0, 0.05) is 24.1 Å². The van der Waals surface area contributed by atoms with Gasteiger partial charge in [0.15, 0.2) is 0 Å². The van der Waals surface area contributed by atoms with Crippen LogP contribution in [0.3, 0.4) is 0 Å². The fourth-order valence-electron chi connectivity index (χ4n) is 4.01. The zero-order valence-corrected chi connectivity index (χ0v) is 33.8. The molecule has 0 saturated carbocycles. The van der Waals surface area contributed by atoms with E-state index >= 15 is 0 Å². The number of carboxylic acids is 1. The summed E-state index contributed by atoms with van der Waals surface area (Å²) in [6.07, 6.45) is -9.70. The van der Waals surface area contributed by atoms with Gasteiger partial charge in [0.25, 0.3) is 26.0 Å². The Morgan fingerprint density at radius 2 is 1.04 bits per heavy atom. The second kappa shape index (κ2) is 20.1. The van der Waals surface area contributed by atoms with E-state index in [0.29, 0.717) is 12.1 Å². The second-order valence-electron chi connectivity index (χ2n) is 10.6. The molecule has 0 aliphatic rings. The van der Waals surface area contributed by atoms with Crippen molar-refractivity contribution in [1.29, 1.82) is 0 Å². The molecule has 0 unspecified atom stereocenters. The van der Waals surface area contributed by atoms with Gasteiger partial charge in [-0.15, -0.1) is 0 Å². The number of sulfonamides is 2. The number of nitrogens with one attached hydrogen (secondary N) is 3. The first-order valence-corrected chi connectivity index (χ1v) is 19.3. The Morgan fingerprint density at radius 1 is 0.667 bits per heavy atom. The molecule has 4 rings (SSSR count). The van der Waals surface area contributed by atoms with Crippen LogP contribution < -0.4 is 14.9 Å². The normalized spacial score (nSPS) is 11.7. The highest BCUT2D eigenvalue weighted by molar-refractivity contribution is 7.93. The van der Waals surface area contributed by atoms with Crippen LogP contribution in [0.15, 0.2) is 82.6 Å². The minimum absolute atomic E-state index is 0.0368. The van der Waals surface area contributed by atoms with Crippen molar-refractivity contribution < 1.29 is 67.5 Å². The first-order valence-electron chi connectivity index (χ1n) is 14.8. The van der Waals surface area contributed by atoms with Gasteiger partial charge in [-0.25, -0.2) is 32.2 Å². The van der Waals surface area contributed by atoms with Crippen LogP contribution in [0.25, 0.3) is 0 Å². The smallest absolute Gasteiger partial charge is 0.417 e. The number of anilines is 2. The summed E-state index contributed by atoms with van der Waals surface area (Å²) in [5, 5.41) is 8.73. The minimum atomic E-state index is -4.86. The number of carbonyl (C=O) groups is 2. The quantitative estimate of drug-likeness (QED) is 0.0888. The molecule has 13 nitrogen and oxygen atoms in total. The van der Waals surface area contributed by atoms with Crippen LogP contribution in [0.2, 0.25) is 20.1 Å². The highest BCUT2D eigenvalue weighted by Crippen LogP contribution is 2.38. The summed E-state index contributed by atoms with van der Waals surface area (Å²) in [7, 11) is -3.21. The van der Waals surface area contributed by atoms with Crippen molar-refractivity contribution >= 4 is 89.7 Å². The van der Waals surface area contributed by atoms with Crippen molar-refractivity contribution in [2.75, 3.05) is 37.8 Å². The van der Waals surface area contributed by atoms with Crippen molar-refractivity contribution in [2.24, 2.45) is 0 Å². The standard InChI is InChI=1S/C16H13Cl2F3N2O4S.C14H8Cl2F3NO4S.C2H7NO/c1-23(27-2)15(24)11-5-3-9(17)7-14(11)22-28(25,26)10-4-6-13(18)12(8-10)16(19,20)21;15-7-1-3-9(13(21)22)12(5-7)20-25(23,24)8-2-4-11(16)10(6-8)14(17,18)19;1-3-4-2/h3-8,22H,1-2H3;1-6,20H,(H,21,22);3H,1-2H3. The van der Waals surface area contributed by atoms with E-state index in [-0.39, 0.29) is 27.0 Å². The highest BCUT2D eigenvalue weighted by Gasteiger charge is 2.36. The van der Waals surface area contributed by atoms with Gasteiger partial charge in [0.2, 0.25) is 0 Å². The molecule has 57 heavy (non-hydrogen) atoms. The lowest BCUT2D eigenvalue weighted by Gasteiger charge is -2.18. The van der Waals surface area contributed by atoms with Crippen LogP contribution in [0.5, 0.6) is 0 Å². The summed E-state index contributed by atoms with van der Waals surface area (Å²) in [6.45, 7) is 0. The number of hydrogen-bond acceptors (Lipinski definition) is 9. The number of aromatic carboxylic acids is 1. The van der Waals surface area contributed by atoms with E-state index in [0.717, 1.165) is 47.5 Å². The predicted molar refractivity (Wildman–Crippen MR) is 200 cm³/mol. The van der Waals surface area contributed by atoms with Crippen LogP contribution >= 0.6 is 46.4 Å². The lowest BCUT2D eigenvalue weighted by atomic mass is 10.1. The van der Waals surface area contributed by atoms with Gasteiger partial charge in [-0.05, 0) is 72.8 Å². The number of rotatable bonds is 10. The molecule has 0 bridgehead atoms. The number of nitrogens with zero attached hydrogens (tertiary/aromatic N) is 1. The zero-order chi connectivity index (χ0) is 43.7. The first kappa shape index (κ1) is 49.1. The van der Waals surface area contributed by atoms with Gasteiger partial charge in [0.1, 0.15) is 0 Å². The molecule has 312 valence electrons. The Morgan fingerprint density at radius 3 is 1.37 bits per heavy atom. The van der Waals surface area contributed by atoms with Gasteiger partial charge >= 0.3 is 18.3 Å². The van der Waals surface area contributed by atoms with Crippen LogP contribution in [-0.2, 0) is 42.1 Å². The molecule has 0 aliphatic carbocycles. The van der Waals surface area contributed by atoms with Crippen molar-refractivity contribution in [3.05, 3.63) is 115 Å². The Balaban J connectivity index is 0.000000361. The average Bonchev–Trinajstić information content (AvgIpc) is 3.10. The van der Waals surface area contributed by atoms with Gasteiger partial charge in [-0.2, -0.15) is 26.3 Å². The minimum Gasteiger partial charge on any atom is -0.478 e. The summed E-state index contributed by atoms with van der Waals surface area (Å²) in [5.74, 6) is -2.15. The van der Waals surface area contributed by atoms with E-state index < -0.39 is 80.8 Å². The maximum atomic E-state index is 13.0. The third-order valence-corrected chi connectivity index (χ3v) is 10.6. The largest absolute Gasteiger partial charge is 0.478 e. The molecule has 0 spiro atoms. The number of hydrogen-bond donors (Lipinski definition) is 4. The van der Waals surface area contributed by atoms with Crippen molar-refractivity contribution in [3.8, 4) is 0 Å². The fraction of sp³-hybridized carbons (Fsp3) is 0.188. The SMILES string of the molecule is CNOC.CON(C)C(=O)c1ccc(Cl)cc1NS(=O)(=O)c1ccc(Cl)c(C(F)(F)F)c1.O=C(O)c1ccc(Cl)cc1NS(=O)(=O)c1ccc(Cl)c(C(F)(F)F)c1. The molecule has 0 saturated heterocycles. The Bertz CT molecular complexity index is 2320. The maximum Gasteiger partial charge on any atom is 0.417 e. The van der Waals surface area contributed by atoms with E-state index in [1.807, 2.05) is 4.72 Å². The molecule has 0 radical (unpaired) electrons. The third kappa shape index (κ3) is 13.8. The van der Waals surface area contributed by atoms with Gasteiger partial charge in [-0.3, -0.25) is 19.1 Å². The number of carboxylic acid groups (broad SMARTS) is 1. The van der Waals surface area contributed by atoms with Crippen molar-refractivity contribution in [2.45, 2.75) is 22.1 Å². The fourth-order valence-corrected chi connectivity index (χ4v) is 7.00. The third-order valence-electron chi connectivity index (χ3n) is 6.78. The number of benzene rings is 4. The zero-order valence-electron chi connectivity index (χ0n) is 29.2. The summed E-state index contributed by atoms with van der Waals surface area (Å²) in [5.41, 5.74) is -1.37. The van der Waals surface area contributed by atoms with Crippen LogP contribution in [0.4, 0.5) is 37.7 Å². The summed E-state index contributed by atoms with van der Waals surface area (Å²) < 4.78 is 131. The monoisotopic (exact) mass is 930 g/mol. The molecule has 0 atom stereocenters. The molecule has 0 aromatic heterocycles. The average molecular weight is 933 g/mol. The number of carbonyl (C=O) groups excluding carboxylic acids is 1. The maximum absolute atomic E-state index is 13.0. The highest BCUT2D eigenvalue weighted by atomic mass is 35.5. The number of amides is 1. The summed E-state index contributed by atoms with van der Waals surface area (Å²) in [4.78, 5) is 31.1. The Labute approximate surface area is 341 Å². The molecule has 25 heteroatoms. The van der Waals surface area contributed by atoms with Gasteiger partial charge in [-0.1, -0.05) is 46.4 Å². The number of alkyl halides is 6. The van der Waals surface area contributed by atoms with Crippen LogP contribution in [0, 0.1) is 0 Å². The predicted octanol–water partition coefficient (Wildman–Crippen LogP) is 8.72. The van der Waals surface area contributed by atoms with Gasteiger partial charge in [0.05, 0.1) is 67.7 Å².